The first-order valence-electron chi connectivity index (χ1n) is 8.79. The van der Waals surface area contributed by atoms with Crippen LogP contribution in [0.4, 0.5) is 9.93 Å². The van der Waals surface area contributed by atoms with Gasteiger partial charge in [-0.25, -0.2) is 9.78 Å². The molecule has 0 saturated carbocycles. The van der Waals surface area contributed by atoms with Crippen molar-refractivity contribution in [1.29, 1.82) is 0 Å². The number of nitrogens with zero attached hydrogens (tertiary/aromatic N) is 2. The average Bonchev–Trinajstić information content (AvgIpc) is 3.33. The number of aromatic nitrogens is 1. The number of quaternary nitrogens is 1. The van der Waals surface area contributed by atoms with Crippen LogP contribution >= 0.6 is 57.9 Å². The summed E-state index contributed by atoms with van der Waals surface area (Å²) in [6.07, 6.45) is -0.0577. The van der Waals surface area contributed by atoms with E-state index in [1.807, 2.05) is 0 Å². The van der Waals surface area contributed by atoms with Gasteiger partial charge in [0.25, 0.3) is 12.0 Å². The second-order valence-corrected chi connectivity index (χ2v) is 10.1. The molecule has 1 aromatic heterocycles. The Labute approximate surface area is 229 Å². The van der Waals surface area contributed by atoms with Crippen LogP contribution in [0.3, 0.4) is 0 Å². The zero-order valence-corrected chi connectivity index (χ0v) is 22.3. The molecule has 32 heavy (non-hydrogen) atoms. The SMILES string of the molecule is Nc1nc(/C(=C/c2c(Cl)ccc(Cl)c2Cl)C(=O)NC2C(=O)[N+]3(C(=O)[O-])CCS[C@@H]23)cs1.[H-].[Na+]. The summed E-state index contributed by atoms with van der Waals surface area (Å²) in [4.78, 5) is 41.5. The number of amides is 3. The number of benzene rings is 1. The third-order valence-corrected chi connectivity index (χ3v) is 8.35. The predicted molar refractivity (Wildman–Crippen MR) is 121 cm³/mol. The van der Waals surface area contributed by atoms with E-state index < -0.39 is 33.8 Å². The van der Waals surface area contributed by atoms with Crippen LogP contribution in [0, 0.1) is 0 Å². The minimum atomic E-state index is -1.47. The molecular formula is C18H14Cl3N4NaO4S2. The quantitative estimate of drug-likeness (QED) is 0.177. The Bertz CT molecular complexity index is 1170. The van der Waals surface area contributed by atoms with E-state index in [1.54, 1.807) is 5.38 Å². The Kier molecular flexibility index (Phi) is 7.91. The molecular weight excluding hydrogens is 530 g/mol. The number of carbonyl (C=O) groups excluding carboxylic acids is 3. The van der Waals surface area contributed by atoms with E-state index in [4.69, 9.17) is 40.5 Å². The largest absolute Gasteiger partial charge is 1.00 e. The summed E-state index contributed by atoms with van der Waals surface area (Å²) in [7, 11) is 0. The standard InChI is InChI=1S/C18H13Cl3N4O4S2.Na.H/c19-9-1-2-10(20)12(21)7(9)5-8(11-6-31-17(22)23-11)14(26)24-13-15(27)25(18(28)29)3-4-30-16(13)25;;/h1-2,5-6,13,16H,3-4H2,(H3-,22,23,24,26,28,29);;/q;+1;-1/b8-5-;;/t13?,16-,25?;;/m0../s1. The van der Waals surface area contributed by atoms with Crippen molar-refractivity contribution in [3.05, 3.63) is 43.8 Å². The summed E-state index contributed by atoms with van der Waals surface area (Å²) in [6, 6.07) is 2.07. The zero-order chi connectivity index (χ0) is 22.5. The molecule has 0 radical (unpaired) electrons. The van der Waals surface area contributed by atoms with Gasteiger partial charge >= 0.3 is 35.5 Å². The van der Waals surface area contributed by atoms with Crippen molar-refractivity contribution in [3.63, 3.8) is 0 Å². The van der Waals surface area contributed by atoms with E-state index in [-0.39, 0.29) is 69.0 Å². The van der Waals surface area contributed by atoms with E-state index in [0.717, 1.165) is 11.3 Å². The summed E-state index contributed by atoms with van der Waals surface area (Å²) in [5, 5.41) is 16.0. The Hall–Kier alpha value is -0.820. The van der Waals surface area contributed by atoms with Crippen LogP contribution in [0.5, 0.6) is 0 Å². The van der Waals surface area contributed by atoms with E-state index in [1.165, 1.54) is 30.0 Å². The maximum Gasteiger partial charge on any atom is 1.00 e. The number of nitrogens with two attached hydrogens (primary N) is 1. The molecule has 0 spiro atoms. The maximum atomic E-state index is 13.2. The van der Waals surface area contributed by atoms with Crippen LogP contribution in [-0.4, -0.2) is 51.1 Å². The Balaban J connectivity index is 0.00000193. The number of carbonyl (C=O) groups is 3. The number of thioether (sulfide) groups is 1. The number of hydrogen-bond acceptors (Lipinski definition) is 8. The van der Waals surface area contributed by atoms with E-state index in [2.05, 4.69) is 10.3 Å². The summed E-state index contributed by atoms with van der Waals surface area (Å²) >= 11 is 21.0. The average molecular weight is 544 g/mol. The molecule has 3 amide bonds. The Morgan fingerprint density at radius 3 is 2.62 bits per heavy atom. The first-order valence-corrected chi connectivity index (χ1v) is 11.9. The topological polar surface area (TPSA) is 125 Å². The van der Waals surface area contributed by atoms with Gasteiger partial charge in [0.1, 0.15) is 6.54 Å². The third-order valence-electron chi connectivity index (χ3n) is 5.13. The van der Waals surface area contributed by atoms with Crippen LogP contribution in [0.1, 0.15) is 12.7 Å². The molecule has 2 aliphatic rings. The predicted octanol–water partition coefficient (Wildman–Crippen LogP) is -0.399. The maximum absolute atomic E-state index is 13.2. The van der Waals surface area contributed by atoms with Crippen LogP contribution < -0.4 is 45.7 Å². The number of nitrogens with one attached hydrogen (secondary N) is 1. The number of rotatable bonds is 4. The smallest absolute Gasteiger partial charge is 1.00 e. The van der Waals surface area contributed by atoms with Gasteiger partial charge in [-0.1, -0.05) is 46.6 Å². The fourth-order valence-corrected chi connectivity index (χ4v) is 6.34. The number of carboxylic acid groups (broad SMARTS) is 1. The molecule has 2 saturated heterocycles. The van der Waals surface area contributed by atoms with Crippen molar-refractivity contribution in [2.45, 2.75) is 11.4 Å². The summed E-state index contributed by atoms with van der Waals surface area (Å²) in [6.45, 7) is 0.127. The number of imide groups is 1. The Morgan fingerprint density at radius 2 is 2.00 bits per heavy atom. The molecule has 2 unspecified atom stereocenters. The van der Waals surface area contributed by atoms with E-state index in [0.29, 0.717) is 11.3 Å². The van der Waals surface area contributed by atoms with Crippen molar-refractivity contribution in [2.24, 2.45) is 0 Å². The van der Waals surface area contributed by atoms with Crippen molar-refractivity contribution >= 4 is 92.6 Å². The van der Waals surface area contributed by atoms with Crippen LogP contribution in [0.2, 0.25) is 15.1 Å². The molecule has 3 N–H and O–H groups in total. The van der Waals surface area contributed by atoms with Gasteiger partial charge in [0.15, 0.2) is 10.5 Å². The molecule has 2 aromatic rings. The van der Waals surface area contributed by atoms with Crippen LogP contribution in [-0.2, 0) is 9.59 Å². The fourth-order valence-electron chi connectivity index (χ4n) is 3.57. The molecule has 3 heterocycles. The second-order valence-electron chi connectivity index (χ2n) is 6.79. The fraction of sp³-hybridized carbons (Fsp3) is 0.222. The Morgan fingerprint density at radius 1 is 1.31 bits per heavy atom. The van der Waals surface area contributed by atoms with E-state index in [9.17, 15) is 19.5 Å². The van der Waals surface area contributed by atoms with Gasteiger partial charge in [0.2, 0.25) is 6.04 Å². The number of hydrogen-bond donors (Lipinski definition) is 2. The second kappa shape index (κ2) is 9.81. The number of thiazole rings is 1. The number of anilines is 1. The number of halogens is 3. The molecule has 2 aliphatic heterocycles. The molecule has 4 rings (SSSR count). The van der Waals surface area contributed by atoms with Gasteiger partial charge in [-0.3, -0.25) is 4.79 Å². The first kappa shape index (κ1) is 25.8. The monoisotopic (exact) mass is 542 g/mol. The zero-order valence-electron chi connectivity index (χ0n) is 17.4. The van der Waals surface area contributed by atoms with Crippen molar-refractivity contribution < 1.29 is 55.0 Å². The van der Waals surface area contributed by atoms with Gasteiger partial charge in [0, 0.05) is 21.7 Å². The molecule has 1 aromatic carbocycles. The molecule has 14 heteroatoms. The van der Waals surface area contributed by atoms with Gasteiger partial charge in [-0.2, -0.15) is 4.48 Å². The van der Waals surface area contributed by atoms with Crippen LogP contribution in [0.15, 0.2) is 17.5 Å². The van der Waals surface area contributed by atoms with Crippen molar-refractivity contribution in [3.8, 4) is 0 Å². The van der Waals surface area contributed by atoms with Crippen LogP contribution in [0.25, 0.3) is 11.6 Å². The van der Waals surface area contributed by atoms with E-state index >= 15 is 0 Å². The minimum absolute atomic E-state index is 0. The minimum Gasteiger partial charge on any atom is -1.00 e. The number of fused-ring (bicyclic) bond motifs is 1. The molecule has 2 fully saturated rings. The number of β-lactam (4-membered cyclic amide) rings is 1. The van der Waals surface area contributed by atoms with Gasteiger partial charge in [-0.15, -0.1) is 11.3 Å². The molecule has 0 aliphatic carbocycles. The first-order chi connectivity index (χ1) is 14.7. The molecule has 8 nitrogen and oxygen atoms in total. The van der Waals surface area contributed by atoms with Crippen molar-refractivity contribution in [1.82, 2.24) is 10.3 Å². The normalized spacial score (nSPS) is 24.3. The molecule has 164 valence electrons. The summed E-state index contributed by atoms with van der Waals surface area (Å²) in [5.74, 6) is -0.811. The summed E-state index contributed by atoms with van der Waals surface area (Å²) < 4.78 is -0.787. The molecule has 0 bridgehead atoms. The molecule has 3 atom stereocenters. The van der Waals surface area contributed by atoms with Crippen molar-refractivity contribution in [2.75, 3.05) is 18.0 Å². The van der Waals surface area contributed by atoms with Gasteiger partial charge in [-0.05, 0) is 18.2 Å². The van der Waals surface area contributed by atoms with Gasteiger partial charge < -0.3 is 22.4 Å². The van der Waals surface area contributed by atoms with Gasteiger partial charge in [0.05, 0.1) is 21.3 Å². The summed E-state index contributed by atoms with van der Waals surface area (Å²) in [5.41, 5.74) is 6.31. The third kappa shape index (κ3) is 4.21. The number of nitrogen functional groups attached to an aromatic ring is 1.